The van der Waals surface area contributed by atoms with Crippen LogP contribution in [-0.4, -0.2) is 14.9 Å². The van der Waals surface area contributed by atoms with Crippen LogP contribution >= 0.6 is 0 Å². The van der Waals surface area contributed by atoms with E-state index in [-0.39, 0.29) is 5.54 Å². The van der Waals surface area contributed by atoms with E-state index in [2.05, 4.69) is 76.5 Å². The Balaban J connectivity index is 2.42. The molecule has 2 aromatic heterocycles. The van der Waals surface area contributed by atoms with Crippen LogP contribution in [0.25, 0.3) is 5.65 Å². The number of fused-ring (bicyclic) bond motifs is 1. The zero-order valence-electron chi connectivity index (χ0n) is 15.2. The van der Waals surface area contributed by atoms with Crippen LogP contribution in [0.1, 0.15) is 65.6 Å². The molecule has 0 saturated carbocycles. The molecule has 0 aliphatic carbocycles. The SMILES string of the molecule is CCCc1nc2cc(C)ccn2c1NC(C)(C)CC(C)(C)C. The Morgan fingerprint density at radius 1 is 1.18 bits per heavy atom. The normalized spacial score (nSPS) is 12.9. The summed E-state index contributed by atoms with van der Waals surface area (Å²) in [5.74, 6) is 1.16. The van der Waals surface area contributed by atoms with Gasteiger partial charge in [0.1, 0.15) is 11.5 Å². The third kappa shape index (κ3) is 4.02. The summed E-state index contributed by atoms with van der Waals surface area (Å²) in [6.07, 6.45) is 5.35. The van der Waals surface area contributed by atoms with E-state index < -0.39 is 0 Å². The Hall–Kier alpha value is -1.51. The average molecular weight is 301 g/mol. The molecule has 0 aromatic carbocycles. The van der Waals surface area contributed by atoms with Gasteiger partial charge >= 0.3 is 0 Å². The maximum absolute atomic E-state index is 4.84. The van der Waals surface area contributed by atoms with E-state index in [0.717, 1.165) is 30.7 Å². The van der Waals surface area contributed by atoms with Gasteiger partial charge in [-0.3, -0.25) is 4.40 Å². The van der Waals surface area contributed by atoms with Gasteiger partial charge in [0, 0.05) is 11.7 Å². The molecular weight excluding hydrogens is 270 g/mol. The fraction of sp³-hybridized carbons (Fsp3) is 0.632. The van der Waals surface area contributed by atoms with Crippen molar-refractivity contribution in [2.75, 3.05) is 5.32 Å². The third-order valence-corrected chi connectivity index (χ3v) is 3.77. The first-order valence-corrected chi connectivity index (χ1v) is 8.37. The van der Waals surface area contributed by atoms with Gasteiger partial charge in [-0.25, -0.2) is 4.98 Å². The van der Waals surface area contributed by atoms with Crippen molar-refractivity contribution in [3.8, 4) is 0 Å². The van der Waals surface area contributed by atoms with Crippen LogP contribution in [0.15, 0.2) is 18.3 Å². The van der Waals surface area contributed by atoms with Crippen molar-refractivity contribution in [2.24, 2.45) is 5.41 Å². The van der Waals surface area contributed by atoms with Crippen molar-refractivity contribution >= 4 is 11.5 Å². The lowest BCUT2D eigenvalue weighted by molar-refractivity contribution is 0.302. The van der Waals surface area contributed by atoms with Crippen molar-refractivity contribution in [3.05, 3.63) is 29.6 Å². The maximum Gasteiger partial charge on any atom is 0.138 e. The molecule has 0 unspecified atom stereocenters. The molecule has 22 heavy (non-hydrogen) atoms. The van der Waals surface area contributed by atoms with E-state index in [1.807, 2.05) is 0 Å². The molecule has 0 aliphatic rings. The number of aryl methyl sites for hydroxylation is 2. The maximum atomic E-state index is 4.84. The topological polar surface area (TPSA) is 29.3 Å². The van der Waals surface area contributed by atoms with Crippen LogP contribution in [-0.2, 0) is 6.42 Å². The lowest BCUT2D eigenvalue weighted by atomic mass is 9.82. The van der Waals surface area contributed by atoms with Crippen molar-refractivity contribution in [2.45, 2.75) is 73.3 Å². The number of nitrogens with zero attached hydrogens (tertiary/aromatic N) is 2. The standard InChI is InChI=1S/C19H31N3/c1-8-9-15-17(21-19(6,7)13-18(3,4)5)22-11-10-14(2)12-16(22)20-15/h10-12,21H,8-9,13H2,1-7H3. The number of rotatable bonds is 5. The minimum atomic E-state index is 0.0294. The van der Waals surface area contributed by atoms with Gasteiger partial charge in [-0.1, -0.05) is 34.1 Å². The zero-order valence-corrected chi connectivity index (χ0v) is 15.2. The molecule has 0 fully saturated rings. The molecule has 0 saturated heterocycles. The van der Waals surface area contributed by atoms with Crippen molar-refractivity contribution in [1.29, 1.82) is 0 Å². The van der Waals surface area contributed by atoms with Crippen LogP contribution in [0.3, 0.4) is 0 Å². The minimum absolute atomic E-state index is 0.0294. The summed E-state index contributed by atoms with van der Waals surface area (Å²) in [5.41, 5.74) is 3.79. The fourth-order valence-electron chi connectivity index (χ4n) is 3.43. The van der Waals surface area contributed by atoms with Gasteiger partial charge in [0.15, 0.2) is 0 Å². The van der Waals surface area contributed by atoms with E-state index in [4.69, 9.17) is 4.98 Å². The number of anilines is 1. The summed E-state index contributed by atoms with van der Waals surface area (Å²) in [6.45, 7) is 15.8. The van der Waals surface area contributed by atoms with Gasteiger partial charge in [0.05, 0.1) is 5.69 Å². The van der Waals surface area contributed by atoms with Gasteiger partial charge in [-0.2, -0.15) is 0 Å². The first-order valence-electron chi connectivity index (χ1n) is 8.37. The second-order valence-electron chi connectivity index (χ2n) is 8.34. The minimum Gasteiger partial charge on any atom is -0.365 e. The van der Waals surface area contributed by atoms with E-state index in [1.165, 1.54) is 11.3 Å². The zero-order chi connectivity index (χ0) is 16.5. The second kappa shape index (κ2) is 5.94. The van der Waals surface area contributed by atoms with Crippen LogP contribution in [0, 0.1) is 12.3 Å². The molecule has 2 rings (SSSR count). The Bertz CT molecular complexity index is 644. The van der Waals surface area contributed by atoms with Gasteiger partial charge in [0.25, 0.3) is 0 Å². The lowest BCUT2D eigenvalue weighted by Gasteiger charge is -2.34. The van der Waals surface area contributed by atoms with Gasteiger partial charge in [0.2, 0.25) is 0 Å². The third-order valence-electron chi connectivity index (χ3n) is 3.77. The van der Waals surface area contributed by atoms with Crippen molar-refractivity contribution < 1.29 is 0 Å². The van der Waals surface area contributed by atoms with E-state index in [9.17, 15) is 0 Å². The highest BCUT2D eigenvalue weighted by Crippen LogP contribution is 2.31. The first-order chi connectivity index (χ1) is 10.1. The molecule has 0 atom stereocenters. The number of nitrogens with one attached hydrogen (secondary N) is 1. The van der Waals surface area contributed by atoms with Gasteiger partial charge in [-0.15, -0.1) is 0 Å². The van der Waals surface area contributed by atoms with E-state index in [1.54, 1.807) is 0 Å². The second-order valence-corrected chi connectivity index (χ2v) is 8.34. The van der Waals surface area contributed by atoms with Crippen LogP contribution < -0.4 is 5.32 Å². The molecule has 0 spiro atoms. The summed E-state index contributed by atoms with van der Waals surface area (Å²) in [4.78, 5) is 4.84. The fourth-order valence-corrected chi connectivity index (χ4v) is 3.43. The van der Waals surface area contributed by atoms with Gasteiger partial charge < -0.3 is 5.32 Å². The Labute approximate surface area is 135 Å². The number of pyridine rings is 1. The van der Waals surface area contributed by atoms with Crippen molar-refractivity contribution in [1.82, 2.24) is 9.38 Å². The molecule has 3 heteroatoms. The summed E-state index contributed by atoms with van der Waals surface area (Å²) in [6, 6.07) is 4.30. The Morgan fingerprint density at radius 2 is 1.86 bits per heavy atom. The molecule has 0 amide bonds. The smallest absolute Gasteiger partial charge is 0.138 e. The molecule has 122 valence electrons. The molecule has 3 nitrogen and oxygen atoms in total. The first kappa shape index (κ1) is 16.9. The summed E-state index contributed by atoms with van der Waals surface area (Å²) < 4.78 is 2.20. The van der Waals surface area contributed by atoms with Gasteiger partial charge in [-0.05, 0) is 56.7 Å². The highest BCUT2D eigenvalue weighted by Gasteiger charge is 2.27. The number of hydrogen-bond acceptors (Lipinski definition) is 2. The molecule has 0 bridgehead atoms. The summed E-state index contributed by atoms with van der Waals surface area (Å²) in [5, 5.41) is 3.77. The number of hydrogen-bond donors (Lipinski definition) is 1. The average Bonchev–Trinajstić information content (AvgIpc) is 2.63. The monoisotopic (exact) mass is 301 g/mol. The largest absolute Gasteiger partial charge is 0.365 e. The quantitative estimate of drug-likeness (QED) is 0.820. The predicted molar refractivity (Wildman–Crippen MR) is 95.7 cm³/mol. The van der Waals surface area contributed by atoms with Crippen LogP contribution in [0.4, 0.5) is 5.82 Å². The molecule has 0 aliphatic heterocycles. The number of aromatic nitrogens is 2. The molecule has 0 radical (unpaired) electrons. The highest BCUT2D eigenvalue weighted by atomic mass is 15.2. The van der Waals surface area contributed by atoms with E-state index in [0.29, 0.717) is 5.41 Å². The molecule has 1 N–H and O–H groups in total. The predicted octanol–water partition coefficient (Wildman–Crippen LogP) is 5.22. The van der Waals surface area contributed by atoms with E-state index >= 15 is 0 Å². The highest BCUT2D eigenvalue weighted by molar-refractivity contribution is 5.57. The van der Waals surface area contributed by atoms with Crippen LogP contribution in [0.2, 0.25) is 0 Å². The summed E-state index contributed by atoms with van der Waals surface area (Å²) in [7, 11) is 0. The molecule has 2 heterocycles. The molecular formula is C19H31N3. The van der Waals surface area contributed by atoms with Crippen LogP contribution in [0.5, 0.6) is 0 Å². The van der Waals surface area contributed by atoms with Crippen molar-refractivity contribution in [3.63, 3.8) is 0 Å². The summed E-state index contributed by atoms with van der Waals surface area (Å²) >= 11 is 0. The molecule has 2 aromatic rings. The Kier molecular flexibility index (Phi) is 4.55. The Morgan fingerprint density at radius 3 is 2.45 bits per heavy atom. The number of imidazole rings is 1. The lowest BCUT2D eigenvalue weighted by Crippen LogP contribution is -2.36.